The lowest BCUT2D eigenvalue weighted by atomic mass is 9.81. The van der Waals surface area contributed by atoms with Crippen molar-refractivity contribution in [3.8, 4) is 0 Å². The molecule has 17 heavy (non-hydrogen) atoms. The first-order valence-corrected chi connectivity index (χ1v) is 7.17. The van der Waals surface area contributed by atoms with Crippen molar-refractivity contribution in [1.82, 2.24) is 10.2 Å². The predicted molar refractivity (Wildman–Crippen MR) is 71.3 cm³/mol. The van der Waals surface area contributed by atoms with Crippen molar-refractivity contribution in [1.29, 1.82) is 0 Å². The first kappa shape index (κ1) is 13.3. The van der Waals surface area contributed by atoms with Crippen molar-refractivity contribution >= 4 is 0 Å². The SMILES string of the molecule is CCNC1CCOCC1N1CCC(C)(C)CC1. The summed E-state index contributed by atoms with van der Waals surface area (Å²) in [5.41, 5.74) is 0.541. The predicted octanol–water partition coefficient (Wildman–Crippen LogP) is 1.88. The number of likely N-dealkylation sites (tertiary alicyclic amines) is 1. The van der Waals surface area contributed by atoms with Crippen LogP contribution in [0, 0.1) is 5.41 Å². The molecule has 2 fully saturated rings. The molecule has 0 spiro atoms. The van der Waals surface area contributed by atoms with Crippen LogP contribution in [0.2, 0.25) is 0 Å². The Bertz CT molecular complexity index is 230. The molecule has 0 aromatic carbocycles. The molecule has 2 unspecified atom stereocenters. The van der Waals surface area contributed by atoms with E-state index in [4.69, 9.17) is 4.74 Å². The van der Waals surface area contributed by atoms with Gasteiger partial charge in [0.2, 0.25) is 0 Å². The molecular formula is C14H28N2O. The summed E-state index contributed by atoms with van der Waals surface area (Å²) in [5.74, 6) is 0. The van der Waals surface area contributed by atoms with Crippen molar-refractivity contribution in [3.63, 3.8) is 0 Å². The third-order valence-corrected chi connectivity index (χ3v) is 4.41. The number of rotatable bonds is 3. The Morgan fingerprint density at radius 3 is 2.65 bits per heavy atom. The Morgan fingerprint density at radius 2 is 2.00 bits per heavy atom. The zero-order chi connectivity index (χ0) is 12.3. The van der Waals surface area contributed by atoms with Gasteiger partial charge in [0.05, 0.1) is 6.61 Å². The summed E-state index contributed by atoms with van der Waals surface area (Å²) >= 11 is 0. The first-order chi connectivity index (χ1) is 8.12. The maximum atomic E-state index is 5.68. The van der Waals surface area contributed by atoms with Crippen LogP contribution >= 0.6 is 0 Å². The Balaban J connectivity index is 1.91. The number of hydrogen-bond donors (Lipinski definition) is 1. The maximum Gasteiger partial charge on any atom is 0.0637 e. The van der Waals surface area contributed by atoms with E-state index in [9.17, 15) is 0 Å². The second kappa shape index (κ2) is 5.68. The van der Waals surface area contributed by atoms with Crippen LogP contribution in [0.15, 0.2) is 0 Å². The van der Waals surface area contributed by atoms with Crippen molar-refractivity contribution in [3.05, 3.63) is 0 Å². The number of nitrogens with one attached hydrogen (secondary N) is 1. The van der Waals surface area contributed by atoms with Crippen molar-refractivity contribution in [2.75, 3.05) is 32.8 Å². The summed E-state index contributed by atoms with van der Waals surface area (Å²) in [4.78, 5) is 2.65. The molecule has 2 atom stereocenters. The van der Waals surface area contributed by atoms with Crippen LogP contribution in [0.1, 0.15) is 40.0 Å². The average Bonchev–Trinajstić information content (AvgIpc) is 2.31. The summed E-state index contributed by atoms with van der Waals surface area (Å²) in [6.45, 7) is 12.4. The lowest BCUT2D eigenvalue weighted by Crippen LogP contribution is -2.57. The second-order valence-corrected chi connectivity index (χ2v) is 6.30. The van der Waals surface area contributed by atoms with E-state index in [0.29, 0.717) is 17.5 Å². The summed E-state index contributed by atoms with van der Waals surface area (Å²) in [6.07, 6.45) is 3.81. The largest absolute Gasteiger partial charge is 0.380 e. The van der Waals surface area contributed by atoms with Crippen LogP contribution in [0.4, 0.5) is 0 Å². The summed E-state index contributed by atoms with van der Waals surface area (Å²) in [6, 6.07) is 1.23. The molecule has 2 aliphatic heterocycles. The molecule has 0 aromatic heterocycles. The summed E-state index contributed by atoms with van der Waals surface area (Å²) in [5, 5.41) is 3.63. The number of piperidine rings is 1. The third kappa shape index (κ3) is 3.43. The molecule has 3 heteroatoms. The average molecular weight is 240 g/mol. The Labute approximate surface area is 106 Å². The number of ether oxygens (including phenoxy) is 1. The molecule has 1 N–H and O–H groups in total. The molecule has 2 rings (SSSR count). The second-order valence-electron chi connectivity index (χ2n) is 6.30. The minimum atomic E-state index is 0.541. The minimum absolute atomic E-state index is 0.541. The lowest BCUT2D eigenvalue weighted by Gasteiger charge is -2.45. The Hall–Kier alpha value is -0.120. The van der Waals surface area contributed by atoms with Gasteiger partial charge in [-0.25, -0.2) is 0 Å². The molecule has 0 amide bonds. The van der Waals surface area contributed by atoms with E-state index in [0.717, 1.165) is 19.8 Å². The molecule has 100 valence electrons. The fraction of sp³-hybridized carbons (Fsp3) is 1.00. The monoisotopic (exact) mass is 240 g/mol. The van der Waals surface area contributed by atoms with Crippen LogP contribution in [0.3, 0.4) is 0 Å². The molecule has 0 aliphatic carbocycles. The maximum absolute atomic E-state index is 5.68. The number of nitrogens with zero attached hydrogens (tertiary/aromatic N) is 1. The highest BCUT2D eigenvalue weighted by Gasteiger charge is 2.34. The highest BCUT2D eigenvalue weighted by molar-refractivity contribution is 4.90. The van der Waals surface area contributed by atoms with Gasteiger partial charge in [-0.2, -0.15) is 0 Å². The fourth-order valence-corrected chi connectivity index (χ4v) is 3.04. The van der Waals surface area contributed by atoms with Crippen LogP contribution in [0.25, 0.3) is 0 Å². The molecule has 0 radical (unpaired) electrons. The van der Waals surface area contributed by atoms with E-state index in [1.165, 1.54) is 32.4 Å². The molecule has 3 nitrogen and oxygen atoms in total. The number of likely N-dealkylation sites (N-methyl/N-ethyl adjacent to an activating group) is 1. The van der Waals surface area contributed by atoms with Crippen molar-refractivity contribution < 1.29 is 4.74 Å². The van der Waals surface area contributed by atoms with E-state index in [1.54, 1.807) is 0 Å². The van der Waals surface area contributed by atoms with Crippen LogP contribution in [-0.2, 0) is 4.74 Å². The van der Waals surface area contributed by atoms with E-state index >= 15 is 0 Å². The summed E-state index contributed by atoms with van der Waals surface area (Å²) in [7, 11) is 0. The van der Waals surface area contributed by atoms with Gasteiger partial charge in [-0.05, 0) is 44.3 Å². The van der Waals surface area contributed by atoms with Crippen molar-refractivity contribution in [2.24, 2.45) is 5.41 Å². The van der Waals surface area contributed by atoms with Gasteiger partial charge in [0.1, 0.15) is 0 Å². The van der Waals surface area contributed by atoms with Gasteiger partial charge >= 0.3 is 0 Å². The molecular weight excluding hydrogens is 212 g/mol. The lowest BCUT2D eigenvalue weighted by molar-refractivity contribution is -0.0218. The van der Waals surface area contributed by atoms with Gasteiger partial charge in [0, 0.05) is 18.7 Å². The van der Waals surface area contributed by atoms with Crippen LogP contribution in [0.5, 0.6) is 0 Å². The first-order valence-electron chi connectivity index (χ1n) is 7.17. The molecule has 0 aromatic rings. The molecule has 2 aliphatic rings. The molecule has 2 saturated heterocycles. The van der Waals surface area contributed by atoms with E-state index in [-0.39, 0.29) is 0 Å². The van der Waals surface area contributed by atoms with E-state index in [1.807, 2.05) is 0 Å². The Morgan fingerprint density at radius 1 is 1.29 bits per heavy atom. The minimum Gasteiger partial charge on any atom is -0.380 e. The van der Waals surface area contributed by atoms with Gasteiger partial charge < -0.3 is 10.1 Å². The van der Waals surface area contributed by atoms with Gasteiger partial charge in [-0.15, -0.1) is 0 Å². The fourth-order valence-electron chi connectivity index (χ4n) is 3.04. The zero-order valence-electron chi connectivity index (χ0n) is 11.7. The van der Waals surface area contributed by atoms with Crippen molar-refractivity contribution in [2.45, 2.75) is 52.1 Å². The van der Waals surface area contributed by atoms with Gasteiger partial charge in [-0.3, -0.25) is 4.90 Å². The molecule has 2 heterocycles. The smallest absolute Gasteiger partial charge is 0.0637 e. The van der Waals surface area contributed by atoms with E-state index in [2.05, 4.69) is 31.0 Å². The van der Waals surface area contributed by atoms with Crippen LogP contribution in [-0.4, -0.2) is 49.8 Å². The molecule has 0 bridgehead atoms. The quantitative estimate of drug-likeness (QED) is 0.815. The van der Waals surface area contributed by atoms with Crippen LogP contribution < -0.4 is 5.32 Å². The number of hydrogen-bond acceptors (Lipinski definition) is 3. The van der Waals surface area contributed by atoms with Gasteiger partial charge in [0.25, 0.3) is 0 Å². The zero-order valence-corrected chi connectivity index (χ0v) is 11.7. The van der Waals surface area contributed by atoms with Gasteiger partial charge in [0.15, 0.2) is 0 Å². The highest BCUT2D eigenvalue weighted by Crippen LogP contribution is 2.31. The van der Waals surface area contributed by atoms with Gasteiger partial charge in [-0.1, -0.05) is 20.8 Å². The standard InChI is InChI=1S/C14H28N2O/c1-4-15-12-5-10-17-11-13(12)16-8-6-14(2,3)7-9-16/h12-13,15H,4-11H2,1-3H3. The molecule has 0 saturated carbocycles. The van der Waals surface area contributed by atoms with E-state index < -0.39 is 0 Å². The highest BCUT2D eigenvalue weighted by atomic mass is 16.5. The topological polar surface area (TPSA) is 24.5 Å². The Kier molecular flexibility index (Phi) is 4.45. The third-order valence-electron chi connectivity index (χ3n) is 4.41. The normalized spacial score (nSPS) is 34.8. The summed E-state index contributed by atoms with van der Waals surface area (Å²) < 4.78 is 5.68.